The first-order valence-electron chi connectivity index (χ1n) is 10.6. The third kappa shape index (κ3) is 4.14. The summed E-state index contributed by atoms with van der Waals surface area (Å²) >= 11 is 6.19. The van der Waals surface area contributed by atoms with Gasteiger partial charge in [0.25, 0.3) is 10.0 Å². The van der Waals surface area contributed by atoms with E-state index in [-0.39, 0.29) is 49.9 Å². The first kappa shape index (κ1) is 22.0. The number of fused-ring (bicyclic) bond motifs is 1. The highest BCUT2D eigenvalue weighted by atomic mass is 35.5. The van der Waals surface area contributed by atoms with E-state index >= 15 is 0 Å². The lowest BCUT2D eigenvalue weighted by atomic mass is 9.71. The maximum atomic E-state index is 13.4. The molecule has 0 unspecified atom stereocenters. The van der Waals surface area contributed by atoms with Crippen molar-refractivity contribution in [2.24, 2.45) is 5.41 Å². The highest BCUT2D eigenvalue weighted by Crippen LogP contribution is 2.50. The van der Waals surface area contributed by atoms with Crippen LogP contribution in [0.4, 0.5) is 5.69 Å². The molecule has 2 N–H and O–H groups in total. The molecule has 2 saturated heterocycles. The molecule has 2 aliphatic carbocycles. The standard InChI is InChI=1S/C23H21ClN2O6S/c24-18-7-20(32-12-23-8-16(9-23)31-11-23)19(5-15(18)10-25)26-33(29,30)21-6-14(22(27)28)3-4-17(21)13-1-2-13/h3-7,13,16,26H,1-2,8-9,11-12H2,(H,27,28). The summed E-state index contributed by atoms with van der Waals surface area (Å²) in [6, 6.07) is 8.84. The average molecular weight is 489 g/mol. The second-order valence-corrected chi connectivity index (χ2v) is 11.1. The van der Waals surface area contributed by atoms with E-state index in [9.17, 15) is 23.6 Å². The Bertz CT molecular complexity index is 1290. The molecule has 172 valence electrons. The molecule has 2 heterocycles. The van der Waals surface area contributed by atoms with E-state index in [4.69, 9.17) is 21.1 Å². The van der Waals surface area contributed by atoms with Gasteiger partial charge in [-0.3, -0.25) is 4.72 Å². The van der Waals surface area contributed by atoms with Gasteiger partial charge in [0.05, 0.1) is 46.1 Å². The quantitative estimate of drug-likeness (QED) is 0.571. The van der Waals surface area contributed by atoms with E-state index in [2.05, 4.69) is 4.72 Å². The van der Waals surface area contributed by atoms with Crippen LogP contribution in [-0.2, 0) is 14.8 Å². The molecular weight excluding hydrogens is 468 g/mol. The zero-order chi connectivity index (χ0) is 23.4. The van der Waals surface area contributed by atoms with E-state index in [1.54, 1.807) is 6.07 Å². The molecule has 0 atom stereocenters. The van der Waals surface area contributed by atoms with Gasteiger partial charge in [0.15, 0.2) is 0 Å². The lowest BCUT2D eigenvalue weighted by Gasteiger charge is -2.35. The molecule has 0 spiro atoms. The van der Waals surface area contributed by atoms with E-state index in [0.29, 0.717) is 18.8 Å². The number of hydrogen-bond acceptors (Lipinski definition) is 6. The Morgan fingerprint density at radius 3 is 2.67 bits per heavy atom. The van der Waals surface area contributed by atoms with Crippen LogP contribution in [0.3, 0.4) is 0 Å². The Morgan fingerprint density at radius 1 is 1.30 bits per heavy atom. The summed E-state index contributed by atoms with van der Waals surface area (Å²) in [5, 5.41) is 18.9. The molecule has 4 fully saturated rings. The van der Waals surface area contributed by atoms with Crippen molar-refractivity contribution in [2.45, 2.75) is 42.6 Å². The van der Waals surface area contributed by atoms with Gasteiger partial charge in [-0.15, -0.1) is 0 Å². The predicted octanol–water partition coefficient (Wildman–Crippen LogP) is 4.15. The maximum Gasteiger partial charge on any atom is 0.335 e. The molecule has 2 saturated carbocycles. The molecular formula is C23H21ClN2O6S. The molecule has 2 aromatic rings. The lowest BCUT2D eigenvalue weighted by Crippen LogP contribution is -2.38. The number of carboxylic acid groups (broad SMARTS) is 1. The summed E-state index contributed by atoms with van der Waals surface area (Å²) in [6.07, 6.45) is 3.73. The number of nitrogens with one attached hydrogen (secondary N) is 1. The fourth-order valence-electron chi connectivity index (χ4n) is 4.50. The fraction of sp³-hybridized carbons (Fsp3) is 0.391. The third-order valence-corrected chi connectivity index (χ3v) is 8.22. The minimum Gasteiger partial charge on any atom is -0.491 e. The molecule has 8 nitrogen and oxygen atoms in total. The van der Waals surface area contributed by atoms with Gasteiger partial charge in [-0.1, -0.05) is 17.7 Å². The Labute approximate surface area is 196 Å². The van der Waals surface area contributed by atoms with Crippen molar-refractivity contribution in [3.05, 3.63) is 52.0 Å². The number of aromatic carboxylic acids is 1. The van der Waals surface area contributed by atoms with Gasteiger partial charge in [-0.25, -0.2) is 13.2 Å². The van der Waals surface area contributed by atoms with Crippen LogP contribution in [0.2, 0.25) is 5.02 Å². The van der Waals surface area contributed by atoms with Crippen LogP contribution in [-0.4, -0.2) is 38.8 Å². The highest BCUT2D eigenvalue weighted by Gasteiger charge is 2.52. The number of carboxylic acids is 1. The van der Waals surface area contributed by atoms with Crippen LogP contribution in [0.25, 0.3) is 0 Å². The second kappa shape index (κ2) is 7.90. The van der Waals surface area contributed by atoms with E-state index < -0.39 is 16.0 Å². The number of hydrogen-bond donors (Lipinski definition) is 2. The summed E-state index contributed by atoms with van der Waals surface area (Å²) in [7, 11) is -4.18. The summed E-state index contributed by atoms with van der Waals surface area (Å²) in [5.74, 6) is -0.939. The highest BCUT2D eigenvalue weighted by molar-refractivity contribution is 7.92. The molecule has 2 aliphatic heterocycles. The largest absolute Gasteiger partial charge is 0.491 e. The van der Waals surface area contributed by atoms with Gasteiger partial charge in [-0.05, 0) is 55.4 Å². The number of anilines is 1. The van der Waals surface area contributed by atoms with E-state index in [1.165, 1.54) is 24.3 Å². The zero-order valence-corrected chi connectivity index (χ0v) is 19.1. The molecule has 0 radical (unpaired) electrons. The van der Waals surface area contributed by atoms with E-state index in [0.717, 1.165) is 25.7 Å². The minimum absolute atomic E-state index is 0.0723. The van der Waals surface area contributed by atoms with Crippen molar-refractivity contribution in [1.29, 1.82) is 5.26 Å². The molecule has 0 aromatic heterocycles. The van der Waals surface area contributed by atoms with Crippen molar-refractivity contribution >= 4 is 33.3 Å². The number of halogens is 1. The van der Waals surface area contributed by atoms with Gasteiger partial charge in [-0.2, -0.15) is 5.26 Å². The Balaban J connectivity index is 1.49. The van der Waals surface area contributed by atoms with Crippen molar-refractivity contribution in [3.63, 3.8) is 0 Å². The molecule has 33 heavy (non-hydrogen) atoms. The number of benzene rings is 2. The molecule has 4 aliphatic rings. The summed E-state index contributed by atoms with van der Waals surface area (Å²) in [5.41, 5.74) is 0.534. The van der Waals surface area contributed by atoms with Gasteiger partial charge in [0, 0.05) is 11.5 Å². The number of nitriles is 1. The second-order valence-electron chi connectivity index (χ2n) is 9.01. The summed E-state index contributed by atoms with van der Waals surface area (Å²) in [6.45, 7) is 0.928. The van der Waals surface area contributed by atoms with Crippen LogP contribution in [0.15, 0.2) is 35.2 Å². The predicted molar refractivity (Wildman–Crippen MR) is 119 cm³/mol. The lowest BCUT2D eigenvalue weighted by molar-refractivity contribution is 0.0696. The summed E-state index contributed by atoms with van der Waals surface area (Å²) < 4.78 is 40.9. The first-order valence-corrected chi connectivity index (χ1v) is 12.4. The zero-order valence-electron chi connectivity index (χ0n) is 17.5. The summed E-state index contributed by atoms with van der Waals surface area (Å²) in [4.78, 5) is 11.4. The first-order chi connectivity index (χ1) is 15.7. The number of ether oxygens (including phenoxy) is 2. The molecule has 10 heteroatoms. The number of carbonyl (C=O) groups is 1. The van der Waals surface area contributed by atoms with Crippen molar-refractivity contribution in [3.8, 4) is 11.8 Å². The third-order valence-electron chi connectivity index (χ3n) is 6.48. The van der Waals surface area contributed by atoms with Crippen molar-refractivity contribution in [2.75, 3.05) is 17.9 Å². The maximum absolute atomic E-state index is 13.4. The van der Waals surface area contributed by atoms with Gasteiger partial charge < -0.3 is 14.6 Å². The van der Waals surface area contributed by atoms with Crippen molar-refractivity contribution in [1.82, 2.24) is 0 Å². The van der Waals surface area contributed by atoms with Gasteiger partial charge in [0.1, 0.15) is 11.8 Å². The van der Waals surface area contributed by atoms with Crippen LogP contribution >= 0.6 is 11.6 Å². The monoisotopic (exact) mass is 488 g/mol. The Kier molecular flexibility index (Phi) is 5.27. The number of sulfonamides is 1. The normalized spacial score (nSPS) is 23.5. The topological polar surface area (TPSA) is 126 Å². The SMILES string of the molecule is N#Cc1cc(NS(=O)(=O)c2cc(C(=O)O)ccc2C2CC2)c(OCC23COC(C2)C3)cc1Cl. The van der Waals surface area contributed by atoms with Crippen LogP contribution < -0.4 is 9.46 Å². The Morgan fingerprint density at radius 2 is 2.06 bits per heavy atom. The van der Waals surface area contributed by atoms with Crippen LogP contribution in [0.5, 0.6) is 5.75 Å². The fourth-order valence-corrected chi connectivity index (χ4v) is 6.08. The Hall–Kier alpha value is -2.80. The van der Waals surface area contributed by atoms with Crippen molar-refractivity contribution < 1.29 is 27.8 Å². The molecule has 6 rings (SSSR count). The van der Waals surface area contributed by atoms with E-state index in [1.807, 2.05) is 6.07 Å². The molecule has 2 aromatic carbocycles. The minimum atomic E-state index is -4.18. The molecule has 0 amide bonds. The van der Waals surface area contributed by atoms with Gasteiger partial charge in [0.2, 0.25) is 0 Å². The molecule has 2 bridgehead atoms. The van der Waals surface area contributed by atoms with Crippen LogP contribution in [0, 0.1) is 16.7 Å². The van der Waals surface area contributed by atoms with Gasteiger partial charge >= 0.3 is 5.97 Å². The number of rotatable bonds is 8. The average Bonchev–Trinajstić information content (AvgIpc) is 3.41. The van der Waals surface area contributed by atoms with Crippen LogP contribution in [0.1, 0.15) is 53.1 Å². The smallest absolute Gasteiger partial charge is 0.335 e. The number of nitrogens with zero attached hydrogens (tertiary/aromatic N) is 1.